The van der Waals surface area contributed by atoms with Crippen LogP contribution in [0.1, 0.15) is 188 Å². The quantitative estimate of drug-likeness (QED) is 0.0279. The number of aliphatic hydroxyl groups excluding tert-OH is 6. The maximum atomic E-state index is 15.3. The number of nitrogens with zero attached hydrogens (tertiary/aromatic N) is 1. The van der Waals surface area contributed by atoms with Crippen LogP contribution >= 0.6 is 0 Å². The Labute approximate surface area is 357 Å². The number of hydrogen-bond acceptors (Lipinski definition) is 11. The SMILES string of the molecule is CCCCCCCCCCCCCC[C@@H](O)[C@@H](O)[C@@H](/C=C(/F)CCCCCCCCCCC1CCN(CC(=O)OC(C)(C)C)CC1)COC1OC(CO)C(O)C(O)C1O. The molecule has 2 saturated heterocycles. The summed E-state index contributed by atoms with van der Waals surface area (Å²) in [6.45, 7) is 9.31. The van der Waals surface area contributed by atoms with E-state index in [1.54, 1.807) is 0 Å². The molecule has 11 nitrogen and oxygen atoms in total. The average molecular weight is 846 g/mol. The van der Waals surface area contributed by atoms with Gasteiger partial charge in [0.05, 0.1) is 37.8 Å². The summed E-state index contributed by atoms with van der Waals surface area (Å²) in [7, 11) is 0. The molecule has 0 aromatic rings. The first-order valence-electron chi connectivity index (χ1n) is 23.8. The van der Waals surface area contributed by atoms with Crippen molar-refractivity contribution in [3.8, 4) is 0 Å². The van der Waals surface area contributed by atoms with Gasteiger partial charge in [-0.2, -0.15) is 0 Å². The minimum atomic E-state index is -1.62. The number of unbranched alkanes of at least 4 members (excludes halogenated alkanes) is 18. The van der Waals surface area contributed by atoms with Crippen LogP contribution in [0.3, 0.4) is 0 Å². The second-order valence-corrected chi connectivity index (χ2v) is 18.7. The Morgan fingerprint density at radius 1 is 0.780 bits per heavy atom. The summed E-state index contributed by atoms with van der Waals surface area (Å²) in [5.74, 6) is -0.759. The highest BCUT2D eigenvalue weighted by Gasteiger charge is 2.44. The van der Waals surface area contributed by atoms with Crippen molar-refractivity contribution in [2.75, 3.05) is 32.8 Å². The summed E-state index contributed by atoms with van der Waals surface area (Å²) in [5, 5.41) is 62.4. The fraction of sp³-hybridized carbons (Fsp3) is 0.936. The smallest absolute Gasteiger partial charge is 0.320 e. The molecular formula is C47H88FNO10. The number of carbonyl (C=O) groups excluding carboxylic acids is 1. The minimum absolute atomic E-state index is 0.143. The Kier molecular flexibility index (Phi) is 28.9. The molecule has 8 atom stereocenters. The summed E-state index contributed by atoms with van der Waals surface area (Å²) in [4.78, 5) is 14.3. The molecule has 0 aromatic carbocycles. The predicted molar refractivity (Wildman–Crippen MR) is 231 cm³/mol. The van der Waals surface area contributed by atoms with Crippen molar-refractivity contribution in [2.45, 2.75) is 237 Å². The van der Waals surface area contributed by atoms with E-state index in [0.717, 1.165) is 83.2 Å². The molecule has 2 fully saturated rings. The third-order valence-electron chi connectivity index (χ3n) is 12.1. The molecule has 2 aliphatic rings. The first kappa shape index (κ1) is 53.9. The van der Waals surface area contributed by atoms with Gasteiger partial charge in [-0.15, -0.1) is 0 Å². The van der Waals surface area contributed by atoms with Crippen molar-refractivity contribution in [1.82, 2.24) is 4.90 Å². The van der Waals surface area contributed by atoms with E-state index >= 15 is 4.39 Å². The van der Waals surface area contributed by atoms with Crippen molar-refractivity contribution in [3.05, 3.63) is 11.9 Å². The number of allylic oxidation sites excluding steroid dienone is 1. The standard InChI is InChI=1S/C47H88FNO10/c1-5-6-7-8-9-10-11-12-13-18-21-24-27-39(51)42(53)37(35-57-46-45(56)44(55)43(54)40(34-50)58-46)32-38(48)26-23-20-17-15-14-16-19-22-25-36-28-30-49(31-29-36)33-41(52)59-47(2,3)4/h32,36-37,39-40,42-46,50-51,53-56H,5-31,33-35H2,1-4H3/b38-32+/t37-,39+,40?,42-,43?,44?,45?,46?/m0/s1. The van der Waals surface area contributed by atoms with Crippen LogP contribution in [0.5, 0.6) is 0 Å². The Balaban J connectivity index is 1.69. The molecule has 0 amide bonds. The molecular weight excluding hydrogens is 758 g/mol. The van der Waals surface area contributed by atoms with Gasteiger partial charge in [0.15, 0.2) is 6.29 Å². The molecule has 0 radical (unpaired) electrons. The van der Waals surface area contributed by atoms with Crippen LogP contribution in [-0.2, 0) is 19.0 Å². The number of esters is 1. The van der Waals surface area contributed by atoms with Crippen LogP contribution in [0.2, 0.25) is 0 Å². The van der Waals surface area contributed by atoms with Gasteiger partial charge in [-0.3, -0.25) is 9.69 Å². The molecule has 0 saturated carbocycles. The Hall–Kier alpha value is -1.22. The van der Waals surface area contributed by atoms with E-state index in [-0.39, 0.29) is 19.0 Å². The second kappa shape index (κ2) is 31.6. The lowest BCUT2D eigenvalue weighted by molar-refractivity contribution is -0.303. The van der Waals surface area contributed by atoms with Gasteiger partial charge < -0.3 is 44.8 Å². The monoisotopic (exact) mass is 846 g/mol. The normalized spacial score (nSPS) is 24.0. The summed E-state index contributed by atoms with van der Waals surface area (Å²) < 4.78 is 31.9. The van der Waals surface area contributed by atoms with Gasteiger partial charge in [0.2, 0.25) is 0 Å². The van der Waals surface area contributed by atoms with Gasteiger partial charge in [0.1, 0.15) is 30.0 Å². The molecule has 2 heterocycles. The fourth-order valence-corrected chi connectivity index (χ4v) is 8.40. The molecule has 2 rings (SSSR count). The van der Waals surface area contributed by atoms with Crippen molar-refractivity contribution in [3.63, 3.8) is 0 Å². The minimum Gasteiger partial charge on any atom is -0.459 e. The zero-order valence-electron chi connectivity index (χ0n) is 37.6. The van der Waals surface area contributed by atoms with E-state index in [1.807, 2.05) is 20.8 Å². The molecule has 348 valence electrons. The number of piperidine rings is 1. The molecule has 0 aliphatic carbocycles. The van der Waals surface area contributed by atoms with E-state index < -0.39 is 66.9 Å². The highest BCUT2D eigenvalue weighted by Crippen LogP contribution is 2.27. The lowest BCUT2D eigenvalue weighted by atomic mass is 9.91. The van der Waals surface area contributed by atoms with Gasteiger partial charge in [-0.25, -0.2) is 4.39 Å². The highest BCUT2D eigenvalue weighted by molar-refractivity contribution is 5.72. The zero-order valence-corrected chi connectivity index (χ0v) is 37.6. The van der Waals surface area contributed by atoms with Gasteiger partial charge in [-0.05, 0) is 78.0 Å². The number of likely N-dealkylation sites (tertiary alicyclic amines) is 1. The van der Waals surface area contributed by atoms with Crippen LogP contribution in [-0.4, -0.2) is 123 Å². The third kappa shape index (κ3) is 24.3. The lowest BCUT2D eigenvalue weighted by Gasteiger charge is -2.40. The Morgan fingerprint density at radius 3 is 1.85 bits per heavy atom. The molecule has 12 heteroatoms. The molecule has 0 bridgehead atoms. The van der Waals surface area contributed by atoms with Crippen molar-refractivity contribution >= 4 is 5.97 Å². The van der Waals surface area contributed by atoms with Gasteiger partial charge in [-0.1, -0.05) is 135 Å². The van der Waals surface area contributed by atoms with Crippen LogP contribution in [0.15, 0.2) is 11.9 Å². The number of halogens is 1. The molecule has 2 aliphatic heterocycles. The van der Waals surface area contributed by atoms with Crippen LogP contribution in [0, 0.1) is 11.8 Å². The van der Waals surface area contributed by atoms with Gasteiger partial charge >= 0.3 is 5.97 Å². The van der Waals surface area contributed by atoms with Crippen LogP contribution in [0.25, 0.3) is 0 Å². The number of carbonyl (C=O) groups is 1. The molecule has 0 spiro atoms. The number of aliphatic hydroxyl groups is 6. The molecule has 5 unspecified atom stereocenters. The summed E-state index contributed by atoms with van der Waals surface area (Å²) in [5.41, 5.74) is -0.445. The van der Waals surface area contributed by atoms with Crippen molar-refractivity contribution in [1.29, 1.82) is 0 Å². The molecule has 59 heavy (non-hydrogen) atoms. The first-order chi connectivity index (χ1) is 28.2. The Morgan fingerprint density at radius 2 is 1.31 bits per heavy atom. The number of rotatable bonds is 33. The maximum absolute atomic E-state index is 15.3. The second-order valence-electron chi connectivity index (χ2n) is 18.7. The summed E-state index contributed by atoms with van der Waals surface area (Å²) in [6.07, 6.45) is 18.3. The van der Waals surface area contributed by atoms with E-state index in [9.17, 15) is 35.4 Å². The maximum Gasteiger partial charge on any atom is 0.320 e. The van der Waals surface area contributed by atoms with Gasteiger partial charge in [0.25, 0.3) is 0 Å². The lowest BCUT2D eigenvalue weighted by Crippen LogP contribution is -2.59. The molecule has 0 aromatic heterocycles. The Bertz CT molecular complexity index is 1080. The molecule has 6 N–H and O–H groups in total. The predicted octanol–water partition coefficient (Wildman–Crippen LogP) is 8.04. The first-order valence-corrected chi connectivity index (χ1v) is 23.8. The number of ether oxygens (including phenoxy) is 3. The highest BCUT2D eigenvalue weighted by atomic mass is 19.1. The summed E-state index contributed by atoms with van der Waals surface area (Å²) in [6, 6.07) is 0. The van der Waals surface area contributed by atoms with Crippen LogP contribution < -0.4 is 0 Å². The van der Waals surface area contributed by atoms with Gasteiger partial charge in [0, 0.05) is 5.92 Å². The number of hydrogen-bond donors (Lipinski definition) is 6. The average Bonchev–Trinajstić information content (AvgIpc) is 3.19. The zero-order chi connectivity index (χ0) is 43.5. The summed E-state index contributed by atoms with van der Waals surface area (Å²) >= 11 is 0. The van der Waals surface area contributed by atoms with Crippen LogP contribution in [0.4, 0.5) is 4.39 Å². The van der Waals surface area contributed by atoms with E-state index in [4.69, 9.17) is 14.2 Å². The largest absolute Gasteiger partial charge is 0.459 e. The van der Waals surface area contributed by atoms with Crippen molar-refractivity contribution < 1.29 is 54.0 Å². The van der Waals surface area contributed by atoms with E-state index in [0.29, 0.717) is 19.4 Å². The van der Waals surface area contributed by atoms with E-state index in [2.05, 4.69) is 11.8 Å². The topological polar surface area (TPSA) is 169 Å². The van der Waals surface area contributed by atoms with E-state index in [1.165, 1.54) is 83.1 Å². The third-order valence-corrected chi connectivity index (χ3v) is 12.1. The fourth-order valence-electron chi connectivity index (χ4n) is 8.40. The van der Waals surface area contributed by atoms with Crippen molar-refractivity contribution in [2.24, 2.45) is 11.8 Å².